The highest BCUT2D eigenvalue weighted by molar-refractivity contribution is 5.20. The maximum Gasteiger partial charge on any atom is 0.119 e. The predicted molar refractivity (Wildman–Crippen MR) is 72.8 cm³/mol. The highest BCUT2D eigenvalue weighted by Gasteiger charge is 2.34. The number of hydrogen-bond acceptors (Lipinski definition) is 3. The second-order valence-corrected chi connectivity index (χ2v) is 5.73. The summed E-state index contributed by atoms with van der Waals surface area (Å²) in [6.45, 7) is 7.78. The molecular weight excluding hydrogens is 226 g/mol. The van der Waals surface area contributed by atoms with Crippen LogP contribution in [0.3, 0.4) is 0 Å². The molecule has 0 saturated carbocycles. The molecule has 0 aliphatic carbocycles. The monoisotopic (exact) mass is 249 g/mol. The summed E-state index contributed by atoms with van der Waals surface area (Å²) in [6, 6.07) is 9.90. The van der Waals surface area contributed by atoms with E-state index in [0.717, 1.165) is 31.8 Å². The van der Waals surface area contributed by atoms with Crippen LogP contribution in [0, 0.1) is 5.41 Å². The number of ether oxygens (including phenoxy) is 1. The molecule has 1 aromatic carbocycles. The van der Waals surface area contributed by atoms with Gasteiger partial charge in [-0.3, -0.25) is 4.90 Å². The Bertz CT molecular complexity index is 364. The molecule has 1 unspecified atom stereocenters. The first-order chi connectivity index (χ1) is 8.58. The molecule has 0 amide bonds. The van der Waals surface area contributed by atoms with Crippen molar-refractivity contribution in [3.8, 4) is 5.75 Å². The number of benzene rings is 1. The lowest BCUT2D eigenvalue weighted by Crippen LogP contribution is -2.49. The summed E-state index contributed by atoms with van der Waals surface area (Å²) in [6.07, 6.45) is 0.682. The van der Waals surface area contributed by atoms with Gasteiger partial charge in [-0.15, -0.1) is 0 Å². The van der Waals surface area contributed by atoms with E-state index < -0.39 is 0 Å². The third kappa shape index (κ3) is 3.47. The zero-order valence-electron chi connectivity index (χ0n) is 11.3. The second-order valence-electron chi connectivity index (χ2n) is 5.73. The zero-order chi connectivity index (χ0) is 13.0. The van der Waals surface area contributed by atoms with E-state index in [1.54, 1.807) is 0 Å². The fourth-order valence-corrected chi connectivity index (χ4v) is 2.46. The van der Waals surface area contributed by atoms with E-state index in [-0.39, 0.29) is 11.5 Å². The fourth-order valence-electron chi connectivity index (χ4n) is 2.46. The largest absolute Gasteiger partial charge is 0.492 e. The van der Waals surface area contributed by atoms with Crippen molar-refractivity contribution in [3.05, 3.63) is 30.3 Å². The number of piperidine rings is 1. The summed E-state index contributed by atoms with van der Waals surface area (Å²) >= 11 is 0. The summed E-state index contributed by atoms with van der Waals surface area (Å²) in [5.74, 6) is 0.925. The molecule has 0 spiro atoms. The molecule has 1 aliphatic heterocycles. The van der Waals surface area contributed by atoms with Crippen molar-refractivity contribution in [3.63, 3.8) is 0 Å². The van der Waals surface area contributed by atoms with Crippen LogP contribution in [0.4, 0.5) is 0 Å². The molecule has 3 nitrogen and oxygen atoms in total. The van der Waals surface area contributed by atoms with Crippen molar-refractivity contribution in [2.24, 2.45) is 5.41 Å². The SMILES string of the molecule is CC1(C)CN(CCOc2ccccc2)CCC1O. The van der Waals surface area contributed by atoms with Crippen LogP contribution in [-0.4, -0.2) is 42.4 Å². The van der Waals surface area contributed by atoms with Gasteiger partial charge in [0.15, 0.2) is 0 Å². The van der Waals surface area contributed by atoms with E-state index in [4.69, 9.17) is 4.74 Å². The van der Waals surface area contributed by atoms with Crippen LogP contribution in [0.1, 0.15) is 20.3 Å². The van der Waals surface area contributed by atoms with Gasteiger partial charge in [0.2, 0.25) is 0 Å². The smallest absolute Gasteiger partial charge is 0.119 e. The Hall–Kier alpha value is -1.06. The summed E-state index contributed by atoms with van der Waals surface area (Å²) in [7, 11) is 0. The Morgan fingerprint density at radius 1 is 1.33 bits per heavy atom. The van der Waals surface area contributed by atoms with Crippen LogP contribution in [-0.2, 0) is 0 Å². The van der Waals surface area contributed by atoms with Crippen LogP contribution in [0.2, 0.25) is 0 Å². The molecular formula is C15H23NO2. The van der Waals surface area contributed by atoms with Gasteiger partial charge in [0.25, 0.3) is 0 Å². The van der Waals surface area contributed by atoms with E-state index in [1.807, 2.05) is 30.3 Å². The molecule has 1 fully saturated rings. The minimum atomic E-state index is -0.177. The van der Waals surface area contributed by atoms with E-state index in [1.165, 1.54) is 0 Å². The van der Waals surface area contributed by atoms with E-state index in [2.05, 4.69) is 18.7 Å². The molecule has 0 aromatic heterocycles. The number of hydrogen-bond donors (Lipinski definition) is 1. The van der Waals surface area contributed by atoms with Gasteiger partial charge >= 0.3 is 0 Å². The highest BCUT2D eigenvalue weighted by atomic mass is 16.5. The van der Waals surface area contributed by atoms with Crippen LogP contribution < -0.4 is 4.74 Å². The lowest BCUT2D eigenvalue weighted by atomic mass is 9.81. The number of likely N-dealkylation sites (tertiary alicyclic amines) is 1. The van der Waals surface area contributed by atoms with E-state index >= 15 is 0 Å². The number of aliphatic hydroxyl groups is 1. The zero-order valence-corrected chi connectivity index (χ0v) is 11.3. The average molecular weight is 249 g/mol. The minimum Gasteiger partial charge on any atom is -0.492 e. The third-order valence-corrected chi connectivity index (χ3v) is 3.67. The molecule has 1 N–H and O–H groups in total. The van der Waals surface area contributed by atoms with Gasteiger partial charge in [0.1, 0.15) is 12.4 Å². The van der Waals surface area contributed by atoms with Gasteiger partial charge in [0, 0.05) is 25.0 Å². The molecule has 0 bridgehead atoms. The standard InChI is InChI=1S/C15H23NO2/c1-15(2)12-16(9-8-14(15)17)10-11-18-13-6-4-3-5-7-13/h3-7,14,17H,8-12H2,1-2H3. The van der Waals surface area contributed by atoms with Gasteiger partial charge in [0.05, 0.1) is 6.10 Å². The second kappa shape index (κ2) is 5.72. The first-order valence-corrected chi connectivity index (χ1v) is 6.66. The van der Waals surface area contributed by atoms with Gasteiger partial charge in [-0.05, 0) is 18.6 Å². The van der Waals surface area contributed by atoms with Crippen LogP contribution in [0.5, 0.6) is 5.75 Å². The average Bonchev–Trinajstić information content (AvgIpc) is 2.35. The van der Waals surface area contributed by atoms with Crippen LogP contribution in [0.15, 0.2) is 30.3 Å². The van der Waals surface area contributed by atoms with Gasteiger partial charge in [-0.2, -0.15) is 0 Å². The normalized spacial score (nSPS) is 23.8. The van der Waals surface area contributed by atoms with Gasteiger partial charge in [-0.25, -0.2) is 0 Å². The lowest BCUT2D eigenvalue weighted by Gasteiger charge is -2.41. The van der Waals surface area contributed by atoms with Crippen molar-refractivity contribution in [2.75, 3.05) is 26.2 Å². The highest BCUT2D eigenvalue weighted by Crippen LogP contribution is 2.28. The van der Waals surface area contributed by atoms with Crippen molar-refractivity contribution >= 4 is 0 Å². The van der Waals surface area contributed by atoms with Crippen LogP contribution in [0.25, 0.3) is 0 Å². The number of para-hydroxylation sites is 1. The molecule has 1 saturated heterocycles. The van der Waals surface area contributed by atoms with Crippen LogP contribution >= 0.6 is 0 Å². The summed E-state index contributed by atoms with van der Waals surface area (Å²) < 4.78 is 5.70. The van der Waals surface area contributed by atoms with Crippen molar-refractivity contribution in [2.45, 2.75) is 26.4 Å². The molecule has 1 aromatic rings. The Morgan fingerprint density at radius 2 is 2.06 bits per heavy atom. The molecule has 1 heterocycles. The molecule has 0 radical (unpaired) electrons. The number of nitrogens with zero attached hydrogens (tertiary/aromatic N) is 1. The quantitative estimate of drug-likeness (QED) is 0.887. The van der Waals surface area contributed by atoms with Gasteiger partial charge < -0.3 is 9.84 Å². The Morgan fingerprint density at radius 3 is 2.72 bits per heavy atom. The Kier molecular flexibility index (Phi) is 4.25. The molecule has 1 atom stereocenters. The Labute approximate surface area is 109 Å². The molecule has 2 rings (SSSR count). The molecule has 3 heteroatoms. The van der Waals surface area contributed by atoms with E-state index in [9.17, 15) is 5.11 Å². The maximum absolute atomic E-state index is 9.90. The first-order valence-electron chi connectivity index (χ1n) is 6.66. The van der Waals surface area contributed by atoms with Gasteiger partial charge in [-0.1, -0.05) is 32.0 Å². The molecule has 100 valence electrons. The third-order valence-electron chi connectivity index (χ3n) is 3.67. The number of aliphatic hydroxyl groups excluding tert-OH is 1. The molecule has 1 aliphatic rings. The topological polar surface area (TPSA) is 32.7 Å². The molecule has 18 heavy (non-hydrogen) atoms. The summed E-state index contributed by atoms with van der Waals surface area (Å²) in [4.78, 5) is 2.37. The summed E-state index contributed by atoms with van der Waals surface area (Å²) in [5, 5.41) is 9.90. The Balaban J connectivity index is 1.75. The van der Waals surface area contributed by atoms with Crippen molar-refractivity contribution in [1.29, 1.82) is 0 Å². The fraction of sp³-hybridized carbons (Fsp3) is 0.600. The maximum atomic E-state index is 9.90. The number of rotatable bonds is 4. The lowest BCUT2D eigenvalue weighted by molar-refractivity contribution is -0.0271. The first kappa shape index (κ1) is 13.4. The van der Waals surface area contributed by atoms with Crippen molar-refractivity contribution < 1.29 is 9.84 Å². The van der Waals surface area contributed by atoms with E-state index in [0.29, 0.717) is 6.61 Å². The summed E-state index contributed by atoms with van der Waals surface area (Å²) in [5.41, 5.74) is -0.00893. The minimum absolute atomic E-state index is 0.00893. The predicted octanol–water partition coefficient (Wildman–Crippen LogP) is 2.16. The van der Waals surface area contributed by atoms with Crippen molar-refractivity contribution in [1.82, 2.24) is 4.90 Å².